The number of nitrogens with one attached hydrogen (secondary N) is 2. The van der Waals surface area contributed by atoms with Gasteiger partial charge in [0.2, 0.25) is 0 Å². The summed E-state index contributed by atoms with van der Waals surface area (Å²) in [5.41, 5.74) is 0.0226. The van der Waals surface area contributed by atoms with Crippen LogP contribution in [0.4, 0.5) is 5.69 Å². The highest BCUT2D eigenvalue weighted by Crippen LogP contribution is 2.28. The third kappa shape index (κ3) is 4.52. The zero-order valence-corrected chi connectivity index (χ0v) is 15.8. The number of aromatic nitrogens is 3. The fourth-order valence-electron chi connectivity index (χ4n) is 2.68. The molecule has 1 aromatic heterocycles. The Hall–Kier alpha value is -1.61. The van der Waals surface area contributed by atoms with Gasteiger partial charge in [-0.05, 0) is 62.0 Å². The fraction of sp³-hybridized carbons (Fsp3) is 0.438. The van der Waals surface area contributed by atoms with Crippen LogP contribution in [0, 0.1) is 0 Å². The zero-order valence-electron chi connectivity index (χ0n) is 14.2. The molecular formula is C16H22ClN5O2S. The van der Waals surface area contributed by atoms with Gasteiger partial charge in [-0.2, -0.15) is 0 Å². The predicted octanol–water partition coefficient (Wildman–Crippen LogP) is 2.10. The van der Waals surface area contributed by atoms with Crippen molar-refractivity contribution in [3.8, 4) is 0 Å². The number of methoxy groups -OCH3 is 1. The first kappa shape index (κ1) is 19.7. The average Bonchev–Trinajstić information content (AvgIpc) is 3.02. The van der Waals surface area contributed by atoms with Crippen LogP contribution in [0.15, 0.2) is 40.6 Å². The predicted molar refractivity (Wildman–Crippen MR) is 99.3 cm³/mol. The van der Waals surface area contributed by atoms with Crippen LogP contribution in [0.25, 0.3) is 0 Å². The SMILES string of the molecule is COC1(C(=O)Nc2ccc(Sc3nncn3C)cc2)CCNCC1.Cl. The summed E-state index contributed by atoms with van der Waals surface area (Å²) in [5, 5.41) is 14.9. The standard InChI is InChI=1S/C16H21N5O2S.ClH/c1-21-11-18-20-15(21)24-13-5-3-12(4-6-13)19-14(22)16(23-2)7-9-17-10-8-16;/h3-6,11,17H,7-10H2,1-2H3,(H,19,22);1H. The number of aryl methyl sites for hydroxylation is 1. The summed E-state index contributed by atoms with van der Waals surface area (Å²) in [5.74, 6) is -0.0831. The molecule has 2 aromatic rings. The van der Waals surface area contributed by atoms with E-state index in [1.54, 1.807) is 13.4 Å². The lowest BCUT2D eigenvalue weighted by molar-refractivity contribution is -0.140. The maximum absolute atomic E-state index is 12.6. The van der Waals surface area contributed by atoms with E-state index in [0.29, 0.717) is 12.8 Å². The molecule has 9 heteroatoms. The normalized spacial score (nSPS) is 16.1. The lowest BCUT2D eigenvalue weighted by Gasteiger charge is -2.34. The number of anilines is 1. The number of ether oxygens (including phenoxy) is 1. The van der Waals surface area contributed by atoms with E-state index in [1.165, 1.54) is 11.8 Å². The Bertz CT molecular complexity index is 701. The summed E-state index contributed by atoms with van der Waals surface area (Å²) >= 11 is 1.52. The van der Waals surface area contributed by atoms with Gasteiger partial charge in [-0.25, -0.2) is 0 Å². The van der Waals surface area contributed by atoms with Crippen LogP contribution < -0.4 is 10.6 Å². The minimum atomic E-state index is -0.739. The van der Waals surface area contributed by atoms with E-state index in [0.717, 1.165) is 28.8 Å². The minimum absolute atomic E-state index is 0. The van der Waals surface area contributed by atoms with E-state index in [2.05, 4.69) is 20.8 Å². The van der Waals surface area contributed by atoms with Gasteiger partial charge >= 0.3 is 0 Å². The third-order valence-corrected chi connectivity index (χ3v) is 5.27. The van der Waals surface area contributed by atoms with Crippen molar-refractivity contribution in [3.05, 3.63) is 30.6 Å². The van der Waals surface area contributed by atoms with Gasteiger partial charge < -0.3 is 19.9 Å². The van der Waals surface area contributed by atoms with Crippen molar-refractivity contribution in [2.24, 2.45) is 7.05 Å². The van der Waals surface area contributed by atoms with Crippen LogP contribution >= 0.6 is 24.2 Å². The quantitative estimate of drug-likeness (QED) is 0.822. The topological polar surface area (TPSA) is 81.1 Å². The molecule has 0 aliphatic carbocycles. The molecule has 1 amide bonds. The Morgan fingerprint density at radius 2 is 2.00 bits per heavy atom. The fourth-order valence-corrected chi connectivity index (χ4v) is 3.44. The Morgan fingerprint density at radius 3 is 2.56 bits per heavy atom. The number of piperidine rings is 1. The zero-order chi connectivity index (χ0) is 17.0. The number of carbonyl (C=O) groups is 1. The number of nitrogens with zero attached hydrogens (tertiary/aromatic N) is 3. The van der Waals surface area contributed by atoms with Crippen molar-refractivity contribution >= 4 is 35.8 Å². The number of amides is 1. The first-order valence-corrected chi connectivity index (χ1v) is 8.64. The first-order valence-electron chi connectivity index (χ1n) is 7.82. The molecule has 2 N–H and O–H groups in total. The number of hydrogen-bond donors (Lipinski definition) is 2. The molecule has 3 rings (SSSR count). The lowest BCUT2D eigenvalue weighted by Crippen LogP contribution is -2.51. The molecule has 0 spiro atoms. The molecule has 0 bridgehead atoms. The molecule has 0 saturated carbocycles. The number of halogens is 1. The second kappa shape index (κ2) is 8.66. The molecule has 1 fully saturated rings. The highest BCUT2D eigenvalue weighted by Gasteiger charge is 2.39. The van der Waals surface area contributed by atoms with E-state index in [9.17, 15) is 4.79 Å². The highest BCUT2D eigenvalue weighted by atomic mass is 35.5. The van der Waals surface area contributed by atoms with Gasteiger partial charge in [0, 0.05) is 24.7 Å². The van der Waals surface area contributed by atoms with Crippen molar-refractivity contribution in [2.75, 3.05) is 25.5 Å². The van der Waals surface area contributed by atoms with Gasteiger partial charge in [0.05, 0.1) is 0 Å². The van der Waals surface area contributed by atoms with E-state index in [4.69, 9.17) is 4.74 Å². The molecule has 25 heavy (non-hydrogen) atoms. The van der Waals surface area contributed by atoms with Crippen molar-refractivity contribution in [3.63, 3.8) is 0 Å². The summed E-state index contributed by atoms with van der Waals surface area (Å²) in [6.07, 6.45) is 3.02. The number of hydrogen-bond acceptors (Lipinski definition) is 6. The van der Waals surface area contributed by atoms with Crippen molar-refractivity contribution in [2.45, 2.75) is 28.5 Å². The Balaban J connectivity index is 0.00000225. The molecule has 1 aromatic carbocycles. The van der Waals surface area contributed by atoms with E-state index < -0.39 is 5.60 Å². The summed E-state index contributed by atoms with van der Waals surface area (Å²) in [6, 6.07) is 7.69. The molecular weight excluding hydrogens is 362 g/mol. The molecule has 7 nitrogen and oxygen atoms in total. The monoisotopic (exact) mass is 383 g/mol. The van der Waals surface area contributed by atoms with Crippen molar-refractivity contribution in [1.29, 1.82) is 0 Å². The maximum atomic E-state index is 12.6. The van der Waals surface area contributed by atoms with Crippen LogP contribution in [0.1, 0.15) is 12.8 Å². The summed E-state index contributed by atoms with van der Waals surface area (Å²) in [7, 11) is 3.51. The van der Waals surface area contributed by atoms with Crippen LogP contribution in [-0.4, -0.2) is 46.5 Å². The third-order valence-electron chi connectivity index (χ3n) is 4.21. The molecule has 136 valence electrons. The first-order chi connectivity index (χ1) is 11.6. The highest BCUT2D eigenvalue weighted by molar-refractivity contribution is 7.99. The minimum Gasteiger partial charge on any atom is -0.368 e. The molecule has 0 unspecified atom stereocenters. The summed E-state index contributed by atoms with van der Waals surface area (Å²) in [6.45, 7) is 1.57. The molecule has 0 atom stereocenters. The van der Waals surface area contributed by atoms with Gasteiger partial charge in [-0.1, -0.05) is 0 Å². The number of rotatable bonds is 5. The average molecular weight is 384 g/mol. The van der Waals surface area contributed by atoms with Gasteiger partial charge in [0.25, 0.3) is 5.91 Å². The molecule has 1 saturated heterocycles. The second-order valence-electron chi connectivity index (χ2n) is 5.75. The van der Waals surface area contributed by atoms with Crippen LogP contribution in [-0.2, 0) is 16.6 Å². The Morgan fingerprint density at radius 1 is 1.32 bits per heavy atom. The molecule has 1 aliphatic heterocycles. The Kier molecular flexibility index (Phi) is 6.83. The smallest absolute Gasteiger partial charge is 0.256 e. The largest absolute Gasteiger partial charge is 0.368 e. The van der Waals surface area contributed by atoms with Gasteiger partial charge in [0.1, 0.15) is 11.9 Å². The molecule has 0 radical (unpaired) electrons. The second-order valence-corrected chi connectivity index (χ2v) is 6.79. The van der Waals surface area contributed by atoms with Crippen LogP contribution in [0.3, 0.4) is 0 Å². The van der Waals surface area contributed by atoms with Gasteiger partial charge in [-0.3, -0.25) is 4.79 Å². The van der Waals surface area contributed by atoms with Crippen molar-refractivity contribution in [1.82, 2.24) is 20.1 Å². The van der Waals surface area contributed by atoms with E-state index in [-0.39, 0.29) is 18.3 Å². The van der Waals surface area contributed by atoms with Gasteiger partial charge in [0.15, 0.2) is 5.16 Å². The number of benzene rings is 1. The van der Waals surface area contributed by atoms with E-state index in [1.807, 2.05) is 35.9 Å². The molecule has 2 heterocycles. The van der Waals surface area contributed by atoms with Gasteiger partial charge in [-0.15, -0.1) is 22.6 Å². The summed E-state index contributed by atoms with van der Waals surface area (Å²) in [4.78, 5) is 13.7. The maximum Gasteiger partial charge on any atom is 0.256 e. The van der Waals surface area contributed by atoms with Crippen molar-refractivity contribution < 1.29 is 9.53 Å². The Labute approximate surface area is 157 Å². The van der Waals surface area contributed by atoms with E-state index >= 15 is 0 Å². The number of carbonyl (C=O) groups excluding carboxylic acids is 1. The molecule has 1 aliphatic rings. The van der Waals surface area contributed by atoms with Crippen LogP contribution in [0.2, 0.25) is 0 Å². The lowest BCUT2D eigenvalue weighted by atomic mass is 9.91. The summed E-state index contributed by atoms with van der Waals surface area (Å²) < 4.78 is 7.41. The van der Waals surface area contributed by atoms with Crippen LogP contribution in [0.5, 0.6) is 0 Å².